The summed E-state index contributed by atoms with van der Waals surface area (Å²) in [6, 6.07) is 10.2. The SMILES string of the molecule is C=CS(=O)(=O)N1CCn2c(C)cc3c(-c4ccc(C)cc4)c([C@H](OC(C)(C)C)C(=O)OC)c(C)c1c32. The molecule has 0 fully saturated rings. The largest absolute Gasteiger partial charge is 0.467 e. The van der Waals surface area contributed by atoms with Gasteiger partial charge < -0.3 is 14.0 Å². The minimum atomic E-state index is -3.78. The molecular weight excluding hydrogens is 476 g/mol. The summed E-state index contributed by atoms with van der Waals surface area (Å²) in [7, 11) is -2.45. The molecule has 0 bridgehead atoms. The molecule has 0 aliphatic carbocycles. The lowest BCUT2D eigenvalue weighted by Crippen LogP contribution is -2.37. The number of carbonyl (C=O) groups is 1. The molecule has 0 saturated heterocycles. The Balaban J connectivity index is 2.22. The van der Waals surface area contributed by atoms with E-state index in [-0.39, 0.29) is 6.54 Å². The van der Waals surface area contributed by atoms with Gasteiger partial charge >= 0.3 is 5.97 Å². The maximum Gasteiger partial charge on any atom is 0.339 e. The van der Waals surface area contributed by atoms with Crippen LogP contribution < -0.4 is 4.31 Å². The van der Waals surface area contributed by atoms with Crippen LogP contribution in [0.5, 0.6) is 0 Å². The van der Waals surface area contributed by atoms with Crippen molar-refractivity contribution in [3.8, 4) is 11.1 Å². The summed E-state index contributed by atoms with van der Waals surface area (Å²) in [5.74, 6) is -0.543. The van der Waals surface area contributed by atoms with Gasteiger partial charge in [-0.3, -0.25) is 4.31 Å². The van der Waals surface area contributed by atoms with Crippen LogP contribution in [0.1, 0.15) is 49.3 Å². The molecule has 0 N–H and O–H groups in total. The average molecular weight is 511 g/mol. The third-order valence-electron chi connectivity index (χ3n) is 6.61. The molecular formula is C28H34N2O5S. The summed E-state index contributed by atoms with van der Waals surface area (Å²) < 4.78 is 41.3. The van der Waals surface area contributed by atoms with E-state index >= 15 is 0 Å². The van der Waals surface area contributed by atoms with E-state index in [2.05, 4.69) is 17.2 Å². The van der Waals surface area contributed by atoms with Crippen LogP contribution >= 0.6 is 0 Å². The first-order chi connectivity index (χ1) is 16.8. The first kappa shape index (κ1) is 26.0. The molecule has 2 heterocycles. The predicted octanol–water partition coefficient (Wildman–Crippen LogP) is 5.56. The third kappa shape index (κ3) is 4.33. The number of sulfonamides is 1. The monoisotopic (exact) mass is 510 g/mol. The summed E-state index contributed by atoms with van der Waals surface area (Å²) in [6.45, 7) is 15.8. The Bertz CT molecular complexity index is 1460. The molecule has 36 heavy (non-hydrogen) atoms. The van der Waals surface area contributed by atoms with Crippen LogP contribution in [0.3, 0.4) is 0 Å². The molecule has 0 saturated carbocycles. The zero-order valence-corrected chi connectivity index (χ0v) is 22.8. The first-order valence-electron chi connectivity index (χ1n) is 11.9. The van der Waals surface area contributed by atoms with Gasteiger partial charge in [-0.2, -0.15) is 0 Å². The highest BCUT2D eigenvalue weighted by atomic mass is 32.2. The van der Waals surface area contributed by atoms with Gasteiger partial charge in [0.05, 0.1) is 30.5 Å². The van der Waals surface area contributed by atoms with Crippen LogP contribution in [0.2, 0.25) is 0 Å². The Labute approximate surface area is 213 Å². The maximum atomic E-state index is 13.2. The molecule has 1 atom stereocenters. The predicted molar refractivity (Wildman–Crippen MR) is 144 cm³/mol. The minimum Gasteiger partial charge on any atom is -0.467 e. The van der Waals surface area contributed by atoms with E-state index in [0.717, 1.165) is 38.7 Å². The molecule has 192 valence electrons. The van der Waals surface area contributed by atoms with Crippen LogP contribution in [0.25, 0.3) is 22.0 Å². The van der Waals surface area contributed by atoms with Gasteiger partial charge in [-0.05, 0) is 64.3 Å². The number of aromatic nitrogens is 1. The van der Waals surface area contributed by atoms with Crippen molar-refractivity contribution < 1.29 is 22.7 Å². The molecule has 0 spiro atoms. The van der Waals surface area contributed by atoms with E-state index in [1.807, 2.05) is 65.8 Å². The molecule has 3 aromatic rings. The van der Waals surface area contributed by atoms with Gasteiger partial charge in [0.1, 0.15) is 0 Å². The van der Waals surface area contributed by atoms with Crippen molar-refractivity contribution in [1.29, 1.82) is 0 Å². The van der Waals surface area contributed by atoms with Crippen LogP contribution in [0, 0.1) is 20.8 Å². The molecule has 4 rings (SSSR count). The summed E-state index contributed by atoms with van der Waals surface area (Å²) in [6.07, 6.45) is -1.06. The molecule has 0 radical (unpaired) electrons. The van der Waals surface area contributed by atoms with Crippen molar-refractivity contribution in [2.75, 3.05) is 18.0 Å². The number of nitrogens with zero attached hydrogens (tertiary/aromatic N) is 2. The second kappa shape index (κ2) is 9.09. The summed E-state index contributed by atoms with van der Waals surface area (Å²) in [5.41, 5.74) is 5.83. The van der Waals surface area contributed by atoms with Gasteiger partial charge in [0.15, 0.2) is 6.10 Å². The van der Waals surface area contributed by atoms with E-state index in [1.165, 1.54) is 11.4 Å². The van der Waals surface area contributed by atoms with Crippen LogP contribution in [0.15, 0.2) is 42.3 Å². The Kier molecular flexibility index (Phi) is 6.56. The zero-order chi connectivity index (χ0) is 26.6. The number of hydrogen-bond acceptors (Lipinski definition) is 5. The minimum absolute atomic E-state index is 0.263. The van der Waals surface area contributed by atoms with Crippen molar-refractivity contribution in [2.24, 2.45) is 0 Å². The lowest BCUT2D eigenvalue weighted by Gasteiger charge is -2.35. The van der Waals surface area contributed by atoms with Crippen molar-refractivity contribution in [3.05, 3.63) is 64.7 Å². The van der Waals surface area contributed by atoms with Crippen molar-refractivity contribution in [1.82, 2.24) is 4.57 Å². The first-order valence-corrected chi connectivity index (χ1v) is 13.4. The standard InChI is InChI=1S/C28H34N2O5S/c1-9-36(32,33)30-15-14-29-18(3)16-21-23(20-12-10-17(2)11-13-20)22(19(4)24(30)25(21)29)26(27(31)34-8)35-28(5,6)7/h9-13,16,26H,1,14-15H2,2-8H3/t26-/m0/s1. The highest BCUT2D eigenvalue weighted by molar-refractivity contribution is 7.95. The van der Waals surface area contributed by atoms with Gasteiger partial charge in [-0.1, -0.05) is 36.4 Å². The van der Waals surface area contributed by atoms with E-state index in [4.69, 9.17) is 9.47 Å². The van der Waals surface area contributed by atoms with E-state index in [0.29, 0.717) is 23.4 Å². The average Bonchev–Trinajstić information content (AvgIpc) is 3.15. The number of aryl methyl sites for hydroxylation is 2. The van der Waals surface area contributed by atoms with Crippen LogP contribution in [0.4, 0.5) is 5.69 Å². The number of anilines is 1. The Hall–Kier alpha value is -3.10. The van der Waals surface area contributed by atoms with Gasteiger partial charge in [0.2, 0.25) is 0 Å². The fourth-order valence-electron chi connectivity index (χ4n) is 5.05. The Morgan fingerprint density at radius 1 is 1.11 bits per heavy atom. The fraction of sp³-hybridized carbons (Fsp3) is 0.393. The van der Waals surface area contributed by atoms with Gasteiger partial charge in [0, 0.05) is 28.6 Å². The van der Waals surface area contributed by atoms with Crippen LogP contribution in [-0.4, -0.2) is 38.2 Å². The number of hydrogen-bond donors (Lipinski definition) is 0. The molecule has 2 aromatic carbocycles. The highest BCUT2D eigenvalue weighted by Gasteiger charge is 2.38. The van der Waals surface area contributed by atoms with E-state index < -0.39 is 27.7 Å². The Morgan fingerprint density at radius 2 is 1.75 bits per heavy atom. The number of benzene rings is 2. The summed E-state index contributed by atoms with van der Waals surface area (Å²) >= 11 is 0. The molecule has 1 aliphatic heterocycles. The van der Waals surface area contributed by atoms with E-state index in [9.17, 15) is 13.2 Å². The smallest absolute Gasteiger partial charge is 0.339 e. The number of esters is 1. The number of methoxy groups -OCH3 is 1. The van der Waals surface area contributed by atoms with Gasteiger partial charge in [-0.15, -0.1) is 0 Å². The van der Waals surface area contributed by atoms with Crippen LogP contribution in [-0.2, 0) is 30.8 Å². The second-order valence-corrected chi connectivity index (χ2v) is 12.0. The number of carbonyl (C=O) groups excluding carboxylic acids is 1. The Morgan fingerprint density at radius 3 is 2.31 bits per heavy atom. The van der Waals surface area contributed by atoms with E-state index in [1.54, 1.807) is 0 Å². The molecule has 8 heteroatoms. The van der Waals surface area contributed by atoms with Crippen molar-refractivity contribution in [3.63, 3.8) is 0 Å². The molecule has 1 aliphatic rings. The van der Waals surface area contributed by atoms with Crippen molar-refractivity contribution >= 4 is 32.6 Å². The molecule has 1 aromatic heterocycles. The molecule has 0 unspecified atom stereocenters. The normalized spacial score (nSPS) is 14.7. The third-order valence-corrected chi connectivity index (χ3v) is 8.01. The summed E-state index contributed by atoms with van der Waals surface area (Å²) in [5, 5.41) is 1.84. The number of ether oxygens (including phenoxy) is 2. The quantitative estimate of drug-likeness (QED) is 0.406. The number of rotatable bonds is 6. The second-order valence-electron chi connectivity index (χ2n) is 10.2. The van der Waals surface area contributed by atoms with Gasteiger partial charge in [0.25, 0.3) is 10.0 Å². The zero-order valence-electron chi connectivity index (χ0n) is 22.0. The molecule has 0 amide bonds. The molecule has 7 nitrogen and oxygen atoms in total. The summed E-state index contributed by atoms with van der Waals surface area (Å²) in [4.78, 5) is 13.2. The van der Waals surface area contributed by atoms with Gasteiger partial charge in [-0.25, -0.2) is 13.2 Å². The lowest BCUT2D eigenvalue weighted by atomic mass is 9.87. The maximum absolute atomic E-state index is 13.2. The fourth-order valence-corrected chi connectivity index (χ4v) is 6.04. The topological polar surface area (TPSA) is 77.8 Å². The lowest BCUT2D eigenvalue weighted by molar-refractivity contribution is -0.164. The highest BCUT2D eigenvalue weighted by Crippen LogP contribution is 2.48. The van der Waals surface area contributed by atoms with Crippen molar-refractivity contribution in [2.45, 2.75) is 59.8 Å².